The van der Waals surface area contributed by atoms with Crippen LogP contribution in [0.2, 0.25) is 0 Å². The molecule has 14 heavy (non-hydrogen) atoms. The highest BCUT2D eigenvalue weighted by atomic mass is 16.1. The molecule has 0 aliphatic heterocycles. The number of pyridine rings is 1. The maximum Gasteiger partial charge on any atom is 0.251 e. The number of aromatic amines is 1. The number of H-pyrrole nitrogens is 1. The van der Waals surface area contributed by atoms with Crippen molar-refractivity contribution in [3.05, 3.63) is 33.2 Å². The second-order valence-corrected chi connectivity index (χ2v) is 3.19. The minimum Gasteiger partial charge on any atom is -0.326 e. The molecule has 2 nitrogen and oxygen atoms in total. The Hall–Kier alpha value is -1.05. The van der Waals surface area contributed by atoms with Crippen LogP contribution in [-0.2, 0) is 6.42 Å². The smallest absolute Gasteiger partial charge is 0.251 e. The van der Waals surface area contributed by atoms with Crippen molar-refractivity contribution in [2.24, 2.45) is 0 Å². The van der Waals surface area contributed by atoms with E-state index in [0.29, 0.717) is 0 Å². The first-order chi connectivity index (χ1) is 6.65. The standard InChI is InChI=1S/C10H15NO.C2H6/c1-4-5-9-7(2)6-8(3)11-10(9)12;1-2/h6H,4-5H2,1-3H3,(H,11,12);1-2H3. The number of hydrogen-bond acceptors (Lipinski definition) is 1. The molecule has 0 aliphatic rings. The highest BCUT2D eigenvalue weighted by molar-refractivity contribution is 5.24. The summed E-state index contributed by atoms with van der Waals surface area (Å²) in [6.45, 7) is 9.98. The van der Waals surface area contributed by atoms with Crippen LogP contribution in [0.1, 0.15) is 44.0 Å². The van der Waals surface area contributed by atoms with E-state index in [9.17, 15) is 4.79 Å². The fourth-order valence-corrected chi connectivity index (χ4v) is 1.44. The number of rotatable bonds is 2. The van der Waals surface area contributed by atoms with Crippen LogP contribution in [0.5, 0.6) is 0 Å². The molecule has 0 amide bonds. The molecule has 2 heteroatoms. The summed E-state index contributed by atoms with van der Waals surface area (Å²) in [4.78, 5) is 14.2. The lowest BCUT2D eigenvalue weighted by atomic mass is 10.1. The van der Waals surface area contributed by atoms with E-state index >= 15 is 0 Å². The van der Waals surface area contributed by atoms with Crippen LogP contribution in [0.3, 0.4) is 0 Å². The molecule has 0 aromatic carbocycles. The van der Waals surface area contributed by atoms with Crippen LogP contribution >= 0.6 is 0 Å². The van der Waals surface area contributed by atoms with Crippen LogP contribution in [0, 0.1) is 13.8 Å². The van der Waals surface area contributed by atoms with Gasteiger partial charge in [-0.15, -0.1) is 0 Å². The van der Waals surface area contributed by atoms with Crippen molar-refractivity contribution in [2.75, 3.05) is 0 Å². The Bertz CT molecular complexity index is 326. The predicted octanol–water partition coefficient (Wildman–Crippen LogP) is 2.97. The summed E-state index contributed by atoms with van der Waals surface area (Å²) in [6, 6.07) is 2.02. The second-order valence-electron chi connectivity index (χ2n) is 3.19. The summed E-state index contributed by atoms with van der Waals surface area (Å²) < 4.78 is 0. The minimum absolute atomic E-state index is 0.0781. The summed E-state index contributed by atoms with van der Waals surface area (Å²) in [7, 11) is 0. The Morgan fingerprint density at radius 3 is 2.29 bits per heavy atom. The summed E-state index contributed by atoms with van der Waals surface area (Å²) >= 11 is 0. The zero-order chi connectivity index (χ0) is 11.1. The van der Waals surface area contributed by atoms with E-state index in [-0.39, 0.29) is 5.56 Å². The predicted molar refractivity (Wildman–Crippen MR) is 61.9 cm³/mol. The molecule has 1 aromatic heterocycles. The fraction of sp³-hybridized carbons (Fsp3) is 0.583. The Labute approximate surface area is 86.4 Å². The fourth-order valence-electron chi connectivity index (χ4n) is 1.44. The van der Waals surface area contributed by atoms with Gasteiger partial charge in [-0.25, -0.2) is 0 Å². The van der Waals surface area contributed by atoms with E-state index in [0.717, 1.165) is 29.7 Å². The molecule has 0 radical (unpaired) electrons. The third-order valence-corrected chi connectivity index (χ3v) is 1.99. The van der Waals surface area contributed by atoms with E-state index in [4.69, 9.17) is 0 Å². The van der Waals surface area contributed by atoms with Gasteiger partial charge >= 0.3 is 0 Å². The van der Waals surface area contributed by atoms with Gasteiger partial charge < -0.3 is 4.98 Å². The lowest BCUT2D eigenvalue weighted by molar-refractivity contribution is 0.884. The number of aromatic nitrogens is 1. The molecule has 0 bridgehead atoms. The molecule has 0 saturated carbocycles. The van der Waals surface area contributed by atoms with Gasteiger partial charge in [-0.1, -0.05) is 27.2 Å². The van der Waals surface area contributed by atoms with Crippen LogP contribution in [0.4, 0.5) is 0 Å². The van der Waals surface area contributed by atoms with Gasteiger partial charge in [0.15, 0.2) is 0 Å². The van der Waals surface area contributed by atoms with E-state index in [1.54, 1.807) is 0 Å². The van der Waals surface area contributed by atoms with Crippen molar-refractivity contribution in [3.8, 4) is 0 Å². The highest BCUT2D eigenvalue weighted by Crippen LogP contribution is 2.05. The van der Waals surface area contributed by atoms with E-state index in [1.807, 2.05) is 33.8 Å². The van der Waals surface area contributed by atoms with Crippen LogP contribution in [0.15, 0.2) is 10.9 Å². The number of hydrogen-bond donors (Lipinski definition) is 1. The highest BCUT2D eigenvalue weighted by Gasteiger charge is 2.02. The second kappa shape index (κ2) is 6.41. The van der Waals surface area contributed by atoms with E-state index in [1.165, 1.54) is 0 Å². The van der Waals surface area contributed by atoms with Crippen molar-refractivity contribution in [1.29, 1.82) is 0 Å². The summed E-state index contributed by atoms with van der Waals surface area (Å²) in [5.74, 6) is 0. The van der Waals surface area contributed by atoms with Gasteiger partial charge in [0.2, 0.25) is 0 Å². The molecule has 80 valence electrons. The molecular weight excluding hydrogens is 174 g/mol. The van der Waals surface area contributed by atoms with Crippen LogP contribution < -0.4 is 5.56 Å². The molecular formula is C12H21NO. The van der Waals surface area contributed by atoms with Crippen LogP contribution in [-0.4, -0.2) is 4.98 Å². The van der Waals surface area contributed by atoms with Gasteiger partial charge in [0.1, 0.15) is 0 Å². The molecule has 0 atom stereocenters. The Morgan fingerprint density at radius 2 is 1.86 bits per heavy atom. The van der Waals surface area contributed by atoms with Gasteiger partial charge in [-0.2, -0.15) is 0 Å². The first-order valence-electron chi connectivity index (χ1n) is 5.34. The topological polar surface area (TPSA) is 32.9 Å². The van der Waals surface area contributed by atoms with Crippen LogP contribution in [0.25, 0.3) is 0 Å². The summed E-state index contributed by atoms with van der Waals surface area (Å²) in [6.07, 6.45) is 1.90. The average Bonchev–Trinajstić information content (AvgIpc) is 2.14. The quantitative estimate of drug-likeness (QED) is 0.773. The van der Waals surface area contributed by atoms with Gasteiger partial charge in [0.25, 0.3) is 5.56 Å². The van der Waals surface area contributed by atoms with E-state index in [2.05, 4.69) is 11.9 Å². The van der Waals surface area contributed by atoms with Gasteiger partial charge in [-0.3, -0.25) is 4.79 Å². The molecule has 0 fully saturated rings. The number of aryl methyl sites for hydroxylation is 2. The zero-order valence-electron chi connectivity index (χ0n) is 9.90. The molecule has 0 unspecified atom stereocenters. The first kappa shape index (κ1) is 12.9. The maximum absolute atomic E-state index is 11.4. The van der Waals surface area contributed by atoms with Gasteiger partial charge in [0.05, 0.1) is 0 Å². The van der Waals surface area contributed by atoms with Crippen molar-refractivity contribution in [2.45, 2.75) is 47.5 Å². The summed E-state index contributed by atoms with van der Waals surface area (Å²) in [5.41, 5.74) is 3.06. The largest absolute Gasteiger partial charge is 0.326 e. The lowest BCUT2D eigenvalue weighted by Crippen LogP contribution is -2.15. The van der Waals surface area contributed by atoms with Gasteiger partial charge in [0, 0.05) is 11.3 Å². The normalized spacial score (nSPS) is 9.21. The Morgan fingerprint density at radius 1 is 1.29 bits per heavy atom. The average molecular weight is 195 g/mol. The first-order valence-corrected chi connectivity index (χ1v) is 5.34. The van der Waals surface area contributed by atoms with Crippen molar-refractivity contribution in [3.63, 3.8) is 0 Å². The third-order valence-electron chi connectivity index (χ3n) is 1.99. The van der Waals surface area contributed by atoms with E-state index < -0.39 is 0 Å². The third kappa shape index (κ3) is 3.36. The van der Waals surface area contributed by atoms with Crippen molar-refractivity contribution >= 4 is 0 Å². The molecule has 1 N–H and O–H groups in total. The molecule has 1 rings (SSSR count). The minimum atomic E-state index is 0.0781. The Kier molecular flexibility index (Phi) is 5.93. The molecule has 1 aromatic rings. The molecule has 1 heterocycles. The molecule has 0 aliphatic carbocycles. The SMILES string of the molecule is CC.CCCc1c(C)cc(C)[nH]c1=O. The van der Waals surface area contributed by atoms with Crippen molar-refractivity contribution in [1.82, 2.24) is 4.98 Å². The van der Waals surface area contributed by atoms with Gasteiger partial charge in [-0.05, 0) is 31.9 Å². The maximum atomic E-state index is 11.4. The number of nitrogens with one attached hydrogen (secondary N) is 1. The Balaban J connectivity index is 0.000000791. The van der Waals surface area contributed by atoms with Crippen molar-refractivity contribution < 1.29 is 0 Å². The molecule has 0 spiro atoms. The lowest BCUT2D eigenvalue weighted by Gasteiger charge is -2.03. The monoisotopic (exact) mass is 195 g/mol. The zero-order valence-corrected chi connectivity index (χ0v) is 9.90. The summed E-state index contributed by atoms with van der Waals surface area (Å²) in [5, 5.41) is 0. The molecule has 0 saturated heterocycles.